The predicted octanol–water partition coefficient (Wildman–Crippen LogP) is 4.56. The molecule has 0 aromatic carbocycles. The van der Waals surface area contributed by atoms with E-state index in [1.165, 1.54) is 0 Å². The lowest BCUT2D eigenvalue weighted by Crippen LogP contribution is -2.48. The molecule has 0 heterocycles. The fourth-order valence-electron chi connectivity index (χ4n) is 5.43. The summed E-state index contributed by atoms with van der Waals surface area (Å²) in [7, 11) is 0. The van der Waals surface area contributed by atoms with Gasteiger partial charge in [0, 0.05) is 10.8 Å². The summed E-state index contributed by atoms with van der Waals surface area (Å²) in [5.74, 6) is -0.158. The first kappa shape index (κ1) is 16.4. The zero-order chi connectivity index (χ0) is 14.9. The quantitative estimate of drug-likeness (QED) is 0.661. The molecule has 0 aromatic heterocycles. The summed E-state index contributed by atoms with van der Waals surface area (Å²) in [4.78, 5) is 25.6. The van der Waals surface area contributed by atoms with Crippen LogP contribution in [0.25, 0.3) is 0 Å². The average molecular weight is 266 g/mol. The van der Waals surface area contributed by atoms with Crippen LogP contribution >= 0.6 is 0 Å². The molecule has 0 N–H and O–H groups in total. The Hall–Kier alpha value is -0.660. The highest BCUT2D eigenvalue weighted by molar-refractivity contribution is 6.44. The van der Waals surface area contributed by atoms with Crippen LogP contribution in [0.5, 0.6) is 0 Å². The van der Waals surface area contributed by atoms with Crippen molar-refractivity contribution in [2.45, 2.75) is 80.1 Å². The van der Waals surface area contributed by atoms with Crippen molar-refractivity contribution in [3.8, 4) is 0 Å². The summed E-state index contributed by atoms with van der Waals surface area (Å²) < 4.78 is 0. The second-order valence-electron chi connectivity index (χ2n) is 6.03. The van der Waals surface area contributed by atoms with Gasteiger partial charge in [0.2, 0.25) is 11.6 Å². The monoisotopic (exact) mass is 266 g/mol. The number of carbonyl (C=O) groups excluding carboxylic acids is 2. The first-order chi connectivity index (χ1) is 8.93. The zero-order valence-corrected chi connectivity index (χ0v) is 13.6. The lowest BCUT2D eigenvalue weighted by molar-refractivity contribution is -0.141. The van der Waals surface area contributed by atoms with Crippen molar-refractivity contribution in [3.63, 3.8) is 0 Å². The summed E-state index contributed by atoms with van der Waals surface area (Å²) in [5, 5.41) is 0. The molecule has 0 aromatic rings. The molecule has 0 amide bonds. The van der Waals surface area contributed by atoms with Gasteiger partial charge in [-0.1, -0.05) is 41.5 Å². The molecule has 0 saturated heterocycles. The van der Waals surface area contributed by atoms with Crippen LogP contribution in [0.15, 0.2) is 0 Å². The van der Waals surface area contributed by atoms with E-state index in [0.717, 1.165) is 38.5 Å². The standard InChI is InChI=1S/C17H30O2/c1-7-15(8-2)13(18)14(19)16(9-3,10-4)17(15,11-5)12-6/h7-12H2,1-6H3. The van der Waals surface area contributed by atoms with E-state index in [9.17, 15) is 9.59 Å². The van der Waals surface area contributed by atoms with Crippen molar-refractivity contribution in [2.75, 3.05) is 0 Å². The van der Waals surface area contributed by atoms with Crippen molar-refractivity contribution < 1.29 is 9.59 Å². The Morgan fingerprint density at radius 2 is 0.842 bits per heavy atom. The summed E-state index contributed by atoms with van der Waals surface area (Å²) in [6, 6.07) is 0. The van der Waals surface area contributed by atoms with Gasteiger partial charge in [0.05, 0.1) is 0 Å². The van der Waals surface area contributed by atoms with E-state index in [1.54, 1.807) is 0 Å². The van der Waals surface area contributed by atoms with E-state index in [4.69, 9.17) is 0 Å². The first-order valence-corrected chi connectivity index (χ1v) is 8.02. The molecule has 0 radical (unpaired) electrons. The molecule has 1 fully saturated rings. The minimum atomic E-state index is -0.431. The van der Waals surface area contributed by atoms with Gasteiger partial charge in [0.15, 0.2) is 0 Å². The Morgan fingerprint density at radius 3 is 1.00 bits per heavy atom. The van der Waals surface area contributed by atoms with Crippen LogP contribution in [0.2, 0.25) is 0 Å². The molecule has 0 unspecified atom stereocenters. The van der Waals surface area contributed by atoms with Gasteiger partial charge < -0.3 is 0 Å². The molecule has 1 aliphatic carbocycles. The highest BCUT2D eigenvalue weighted by Gasteiger charge is 2.71. The van der Waals surface area contributed by atoms with Crippen LogP contribution in [0.1, 0.15) is 80.1 Å². The summed E-state index contributed by atoms with van der Waals surface area (Å²) in [5.41, 5.74) is -1.01. The van der Waals surface area contributed by atoms with Gasteiger partial charge in [0.25, 0.3) is 0 Å². The molecule has 1 rings (SSSR count). The predicted molar refractivity (Wildman–Crippen MR) is 79.1 cm³/mol. The van der Waals surface area contributed by atoms with E-state index >= 15 is 0 Å². The van der Waals surface area contributed by atoms with Crippen molar-refractivity contribution in [2.24, 2.45) is 16.2 Å². The van der Waals surface area contributed by atoms with Crippen LogP contribution in [-0.2, 0) is 9.59 Å². The molecule has 110 valence electrons. The van der Waals surface area contributed by atoms with Crippen molar-refractivity contribution >= 4 is 11.6 Å². The maximum Gasteiger partial charge on any atom is 0.205 e. The first-order valence-electron chi connectivity index (χ1n) is 8.02. The average Bonchev–Trinajstić information content (AvgIpc) is 2.62. The molecule has 0 aliphatic heterocycles. The smallest absolute Gasteiger partial charge is 0.205 e. The van der Waals surface area contributed by atoms with Crippen LogP contribution in [0.4, 0.5) is 0 Å². The normalized spacial score (nSPS) is 23.9. The topological polar surface area (TPSA) is 34.1 Å². The molecule has 2 nitrogen and oxygen atoms in total. The van der Waals surface area contributed by atoms with E-state index in [1.807, 2.05) is 0 Å². The minimum absolute atomic E-state index is 0.0788. The number of hydrogen-bond donors (Lipinski definition) is 0. The molecule has 19 heavy (non-hydrogen) atoms. The van der Waals surface area contributed by atoms with Crippen molar-refractivity contribution in [1.82, 2.24) is 0 Å². The fourth-order valence-corrected chi connectivity index (χ4v) is 5.43. The largest absolute Gasteiger partial charge is 0.290 e. The Balaban J connectivity index is 3.69. The minimum Gasteiger partial charge on any atom is -0.290 e. The van der Waals surface area contributed by atoms with Crippen molar-refractivity contribution in [1.29, 1.82) is 0 Å². The van der Waals surface area contributed by atoms with Crippen molar-refractivity contribution in [3.05, 3.63) is 0 Å². The molecule has 0 atom stereocenters. The molecule has 1 aliphatic rings. The van der Waals surface area contributed by atoms with E-state index in [0.29, 0.717) is 0 Å². The molecular formula is C17H30O2. The van der Waals surface area contributed by atoms with E-state index in [-0.39, 0.29) is 17.0 Å². The molecular weight excluding hydrogens is 236 g/mol. The number of hydrogen-bond acceptors (Lipinski definition) is 2. The molecule has 1 saturated carbocycles. The second-order valence-corrected chi connectivity index (χ2v) is 6.03. The fraction of sp³-hybridized carbons (Fsp3) is 0.882. The third kappa shape index (κ3) is 1.55. The van der Waals surface area contributed by atoms with E-state index < -0.39 is 10.8 Å². The Kier molecular flexibility index (Phi) is 4.64. The van der Waals surface area contributed by atoms with E-state index in [2.05, 4.69) is 41.5 Å². The zero-order valence-electron chi connectivity index (χ0n) is 13.6. The summed E-state index contributed by atoms with van der Waals surface area (Å²) >= 11 is 0. The Labute approximate surface area is 118 Å². The maximum atomic E-state index is 12.8. The van der Waals surface area contributed by atoms with Gasteiger partial charge in [-0.2, -0.15) is 0 Å². The third-order valence-electron chi connectivity index (χ3n) is 6.53. The number of ketones is 2. The third-order valence-corrected chi connectivity index (χ3v) is 6.53. The van der Waals surface area contributed by atoms with Gasteiger partial charge in [-0.25, -0.2) is 0 Å². The van der Waals surface area contributed by atoms with Gasteiger partial charge in [-0.3, -0.25) is 9.59 Å². The number of rotatable bonds is 6. The molecule has 0 bridgehead atoms. The highest BCUT2D eigenvalue weighted by Crippen LogP contribution is 2.68. The van der Waals surface area contributed by atoms with Gasteiger partial charge in [0.1, 0.15) is 0 Å². The van der Waals surface area contributed by atoms with Crippen LogP contribution in [0, 0.1) is 16.2 Å². The van der Waals surface area contributed by atoms with Gasteiger partial charge >= 0.3 is 0 Å². The maximum absolute atomic E-state index is 12.8. The Bertz CT molecular complexity index is 323. The second kappa shape index (κ2) is 5.38. The summed E-state index contributed by atoms with van der Waals surface area (Å²) in [6.45, 7) is 12.6. The Morgan fingerprint density at radius 1 is 0.579 bits per heavy atom. The number of Topliss-reactive ketones (excluding diaryl/α,β-unsaturated/α-hetero) is 2. The lowest BCUT2D eigenvalue weighted by Gasteiger charge is -2.51. The molecule has 0 spiro atoms. The SMILES string of the molecule is CCC1(CC)C(=O)C(=O)C(CC)(CC)C1(CC)CC. The summed E-state index contributed by atoms with van der Waals surface area (Å²) in [6.07, 6.45) is 5.00. The van der Waals surface area contributed by atoms with Crippen LogP contribution < -0.4 is 0 Å². The molecule has 2 heteroatoms. The number of carbonyl (C=O) groups is 2. The van der Waals surface area contributed by atoms with Gasteiger partial charge in [-0.05, 0) is 43.9 Å². The highest BCUT2D eigenvalue weighted by atomic mass is 16.2. The van der Waals surface area contributed by atoms with Crippen LogP contribution in [-0.4, -0.2) is 11.6 Å². The van der Waals surface area contributed by atoms with Crippen LogP contribution in [0.3, 0.4) is 0 Å². The lowest BCUT2D eigenvalue weighted by atomic mass is 9.50. The van der Waals surface area contributed by atoms with Gasteiger partial charge in [-0.15, -0.1) is 0 Å².